The van der Waals surface area contributed by atoms with E-state index in [-0.39, 0.29) is 5.02 Å². The zero-order valence-electron chi connectivity index (χ0n) is 9.71. The molecule has 0 heterocycles. The lowest BCUT2D eigenvalue weighted by molar-refractivity contribution is 0.178. The Bertz CT molecular complexity index is 601. The van der Waals surface area contributed by atoms with E-state index in [4.69, 9.17) is 34.8 Å². The van der Waals surface area contributed by atoms with Crippen molar-refractivity contribution < 1.29 is 9.50 Å². The lowest BCUT2D eigenvalue weighted by Crippen LogP contribution is -2.02. The van der Waals surface area contributed by atoms with E-state index in [1.165, 1.54) is 12.1 Å². The van der Waals surface area contributed by atoms with Gasteiger partial charge in [-0.15, -0.1) is 0 Å². The number of rotatable bonds is 3. The van der Waals surface area contributed by atoms with Crippen LogP contribution in [0.15, 0.2) is 36.4 Å². The highest BCUT2D eigenvalue weighted by Crippen LogP contribution is 2.29. The van der Waals surface area contributed by atoms with Gasteiger partial charge in [-0.1, -0.05) is 46.9 Å². The molecule has 0 radical (unpaired) electrons. The summed E-state index contributed by atoms with van der Waals surface area (Å²) in [4.78, 5) is 0. The van der Waals surface area contributed by atoms with Crippen molar-refractivity contribution in [2.75, 3.05) is 0 Å². The molecule has 0 saturated heterocycles. The van der Waals surface area contributed by atoms with Gasteiger partial charge in [0, 0.05) is 16.5 Å². The summed E-state index contributed by atoms with van der Waals surface area (Å²) in [7, 11) is 0. The third-order valence-electron chi connectivity index (χ3n) is 2.73. The molecule has 0 amide bonds. The van der Waals surface area contributed by atoms with Crippen LogP contribution in [-0.2, 0) is 6.42 Å². The van der Waals surface area contributed by atoms with E-state index in [0.29, 0.717) is 22.0 Å². The fourth-order valence-electron chi connectivity index (χ4n) is 1.77. The van der Waals surface area contributed by atoms with Gasteiger partial charge in [-0.3, -0.25) is 0 Å². The number of aliphatic hydroxyl groups excluding tert-OH is 1. The topological polar surface area (TPSA) is 20.2 Å². The minimum Gasteiger partial charge on any atom is -0.388 e. The fraction of sp³-hybridized carbons (Fsp3) is 0.143. The monoisotopic (exact) mass is 318 g/mol. The highest BCUT2D eigenvalue weighted by atomic mass is 35.5. The van der Waals surface area contributed by atoms with Gasteiger partial charge in [-0.25, -0.2) is 4.39 Å². The van der Waals surface area contributed by atoms with Crippen LogP contribution in [0.2, 0.25) is 15.1 Å². The van der Waals surface area contributed by atoms with Gasteiger partial charge in [0.2, 0.25) is 0 Å². The molecule has 0 aliphatic carbocycles. The first-order valence-corrected chi connectivity index (χ1v) is 6.67. The molecule has 100 valence electrons. The first-order valence-electron chi connectivity index (χ1n) is 5.54. The van der Waals surface area contributed by atoms with Crippen LogP contribution in [0.3, 0.4) is 0 Å². The lowest BCUT2D eigenvalue weighted by Gasteiger charge is -2.13. The van der Waals surface area contributed by atoms with Gasteiger partial charge < -0.3 is 5.11 Å². The van der Waals surface area contributed by atoms with Crippen molar-refractivity contribution in [1.82, 2.24) is 0 Å². The van der Waals surface area contributed by atoms with Crippen molar-refractivity contribution in [3.05, 3.63) is 68.4 Å². The molecule has 1 atom stereocenters. The van der Waals surface area contributed by atoms with E-state index in [2.05, 4.69) is 0 Å². The van der Waals surface area contributed by atoms with Crippen LogP contribution in [0.4, 0.5) is 4.39 Å². The van der Waals surface area contributed by atoms with Gasteiger partial charge in [-0.05, 0) is 35.4 Å². The smallest absolute Gasteiger partial charge is 0.141 e. The third kappa shape index (κ3) is 3.61. The molecule has 0 aliphatic heterocycles. The summed E-state index contributed by atoms with van der Waals surface area (Å²) >= 11 is 17.5. The molecule has 19 heavy (non-hydrogen) atoms. The Morgan fingerprint density at radius 2 is 1.74 bits per heavy atom. The van der Waals surface area contributed by atoms with Crippen molar-refractivity contribution >= 4 is 34.8 Å². The van der Waals surface area contributed by atoms with E-state index < -0.39 is 11.9 Å². The van der Waals surface area contributed by atoms with E-state index in [9.17, 15) is 9.50 Å². The first-order chi connectivity index (χ1) is 8.97. The van der Waals surface area contributed by atoms with Gasteiger partial charge in [0.15, 0.2) is 0 Å². The quantitative estimate of drug-likeness (QED) is 0.838. The molecule has 0 aliphatic rings. The number of aliphatic hydroxyl groups is 1. The average molecular weight is 320 g/mol. The molecular weight excluding hydrogens is 310 g/mol. The van der Waals surface area contributed by atoms with Crippen LogP contribution in [0.5, 0.6) is 0 Å². The van der Waals surface area contributed by atoms with E-state index in [1.807, 2.05) is 0 Å². The summed E-state index contributed by atoms with van der Waals surface area (Å²) in [6.07, 6.45) is -0.507. The Morgan fingerprint density at radius 3 is 2.37 bits per heavy atom. The molecule has 0 bridgehead atoms. The highest BCUT2D eigenvalue weighted by molar-refractivity contribution is 6.35. The molecule has 0 aromatic heterocycles. The summed E-state index contributed by atoms with van der Waals surface area (Å²) < 4.78 is 13.0. The molecule has 0 fully saturated rings. The van der Waals surface area contributed by atoms with E-state index in [0.717, 1.165) is 5.56 Å². The van der Waals surface area contributed by atoms with Gasteiger partial charge >= 0.3 is 0 Å². The molecule has 1 N–H and O–H groups in total. The number of benzene rings is 2. The SMILES string of the molecule is OC(Cc1ccc(F)c(Cl)c1)c1ccc(Cl)cc1Cl. The molecule has 1 nitrogen and oxygen atoms in total. The Balaban J connectivity index is 2.20. The fourth-order valence-corrected chi connectivity index (χ4v) is 2.51. The van der Waals surface area contributed by atoms with Crippen LogP contribution in [-0.4, -0.2) is 5.11 Å². The molecular formula is C14H10Cl3FO. The Kier molecular flexibility index (Phi) is 4.69. The van der Waals surface area contributed by atoms with Crippen LogP contribution in [0.25, 0.3) is 0 Å². The van der Waals surface area contributed by atoms with Crippen LogP contribution >= 0.6 is 34.8 Å². The number of halogens is 4. The van der Waals surface area contributed by atoms with Crippen molar-refractivity contribution in [3.63, 3.8) is 0 Å². The second-order valence-corrected chi connectivity index (χ2v) is 5.39. The molecule has 0 saturated carbocycles. The van der Waals surface area contributed by atoms with Gasteiger partial charge in [0.05, 0.1) is 11.1 Å². The predicted octanol–water partition coefficient (Wildman–Crippen LogP) is 5.06. The second kappa shape index (κ2) is 6.10. The first kappa shape index (κ1) is 14.6. The van der Waals surface area contributed by atoms with E-state index in [1.54, 1.807) is 24.3 Å². The van der Waals surface area contributed by atoms with Gasteiger partial charge in [-0.2, -0.15) is 0 Å². The summed E-state index contributed by atoms with van der Waals surface area (Å²) in [5.41, 5.74) is 1.30. The maximum Gasteiger partial charge on any atom is 0.141 e. The molecule has 2 aromatic carbocycles. The lowest BCUT2D eigenvalue weighted by atomic mass is 10.0. The Hall–Kier alpha value is -0.800. The summed E-state index contributed by atoms with van der Waals surface area (Å²) in [6.45, 7) is 0. The Labute approximate surface area is 125 Å². The summed E-state index contributed by atoms with van der Waals surface area (Å²) in [6, 6.07) is 9.23. The molecule has 1 unspecified atom stereocenters. The molecule has 5 heteroatoms. The third-order valence-corrected chi connectivity index (χ3v) is 3.59. The predicted molar refractivity (Wildman–Crippen MR) is 76.5 cm³/mol. The second-order valence-electron chi connectivity index (χ2n) is 4.13. The molecule has 2 aromatic rings. The van der Waals surface area contributed by atoms with E-state index >= 15 is 0 Å². The number of hydrogen-bond acceptors (Lipinski definition) is 1. The average Bonchev–Trinajstić information content (AvgIpc) is 2.33. The van der Waals surface area contributed by atoms with Crippen molar-refractivity contribution in [3.8, 4) is 0 Å². The van der Waals surface area contributed by atoms with Crippen LogP contribution in [0, 0.1) is 5.82 Å². The van der Waals surface area contributed by atoms with Gasteiger partial charge in [0.25, 0.3) is 0 Å². The zero-order chi connectivity index (χ0) is 14.0. The molecule has 0 spiro atoms. The number of hydrogen-bond donors (Lipinski definition) is 1. The maximum absolute atomic E-state index is 13.0. The highest BCUT2D eigenvalue weighted by Gasteiger charge is 2.13. The van der Waals surface area contributed by atoms with Crippen LogP contribution in [0.1, 0.15) is 17.2 Å². The summed E-state index contributed by atoms with van der Waals surface area (Å²) in [5, 5.41) is 11.1. The van der Waals surface area contributed by atoms with Crippen LogP contribution < -0.4 is 0 Å². The normalized spacial score (nSPS) is 12.5. The van der Waals surface area contributed by atoms with Crippen molar-refractivity contribution in [2.24, 2.45) is 0 Å². The van der Waals surface area contributed by atoms with Crippen molar-refractivity contribution in [2.45, 2.75) is 12.5 Å². The largest absolute Gasteiger partial charge is 0.388 e. The maximum atomic E-state index is 13.0. The Morgan fingerprint density at radius 1 is 1.00 bits per heavy atom. The molecule has 2 rings (SSSR count). The standard InChI is InChI=1S/C14H10Cl3FO/c15-9-2-3-10(11(16)7-9)14(19)6-8-1-4-13(18)12(17)5-8/h1-5,7,14,19H,6H2. The van der Waals surface area contributed by atoms with Crippen molar-refractivity contribution in [1.29, 1.82) is 0 Å². The minimum absolute atomic E-state index is 0.0342. The summed E-state index contributed by atoms with van der Waals surface area (Å²) in [5.74, 6) is -0.482. The zero-order valence-corrected chi connectivity index (χ0v) is 12.0. The van der Waals surface area contributed by atoms with Gasteiger partial charge in [0.1, 0.15) is 5.82 Å². The minimum atomic E-state index is -0.800.